The topological polar surface area (TPSA) is 20.9 Å². The molecule has 1 aromatic rings. The van der Waals surface area contributed by atoms with Gasteiger partial charge in [-0.2, -0.15) is 4.57 Å². The Hall–Kier alpha value is -0.890. The van der Waals surface area contributed by atoms with Gasteiger partial charge >= 0.3 is 0 Å². The molecule has 12 heavy (non-hydrogen) atoms. The molecular weight excluding hydrogens is 174 g/mol. The number of aryl methyl sites for hydroxylation is 1. The van der Waals surface area contributed by atoms with Gasteiger partial charge in [-0.25, -0.2) is 0 Å². The van der Waals surface area contributed by atoms with Crippen LogP contribution in [0.2, 0.25) is 5.15 Å². The van der Waals surface area contributed by atoms with Gasteiger partial charge in [-0.05, 0) is 24.1 Å². The van der Waals surface area contributed by atoms with Gasteiger partial charge in [0.15, 0.2) is 12.0 Å². The Balaban J connectivity index is 2.93. The van der Waals surface area contributed by atoms with Gasteiger partial charge in [0.25, 0.3) is 5.15 Å². The van der Waals surface area contributed by atoms with Crippen LogP contribution in [0.15, 0.2) is 18.3 Å². The van der Waals surface area contributed by atoms with Gasteiger partial charge in [-0.1, -0.05) is 0 Å². The van der Waals surface area contributed by atoms with Crippen molar-refractivity contribution in [1.82, 2.24) is 0 Å². The fourth-order valence-corrected chi connectivity index (χ4v) is 1.25. The van der Waals surface area contributed by atoms with E-state index in [2.05, 4.69) is 0 Å². The van der Waals surface area contributed by atoms with Crippen molar-refractivity contribution in [2.45, 2.75) is 20.4 Å². The molecule has 0 atom stereocenters. The molecule has 0 spiro atoms. The summed E-state index contributed by atoms with van der Waals surface area (Å²) in [5.41, 5.74) is 1.10. The summed E-state index contributed by atoms with van der Waals surface area (Å²) in [6.07, 6.45) is 1.82. The third-order valence-corrected chi connectivity index (χ3v) is 1.86. The third-order valence-electron chi connectivity index (χ3n) is 1.53. The maximum atomic E-state index is 10.8. The number of hydrogen-bond acceptors (Lipinski definition) is 1. The second kappa shape index (κ2) is 3.68. The van der Waals surface area contributed by atoms with Crippen LogP contribution in [-0.4, -0.2) is 5.78 Å². The minimum Gasteiger partial charge on any atom is -0.293 e. The fraction of sp³-hybridized carbons (Fsp3) is 0.333. The highest BCUT2D eigenvalue weighted by atomic mass is 35.5. The Morgan fingerprint density at radius 1 is 1.67 bits per heavy atom. The van der Waals surface area contributed by atoms with Gasteiger partial charge in [0.05, 0.1) is 0 Å². The summed E-state index contributed by atoms with van der Waals surface area (Å²) in [5, 5.41) is 0.602. The van der Waals surface area contributed by atoms with Crippen molar-refractivity contribution in [2.24, 2.45) is 0 Å². The average molecular weight is 185 g/mol. The number of hydrogen-bond donors (Lipinski definition) is 0. The van der Waals surface area contributed by atoms with Gasteiger partial charge in [0.1, 0.15) is 0 Å². The van der Waals surface area contributed by atoms with E-state index >= 15 is 0 Å². The molecule has 0 aliphatic carbocycles. The highest BCUT2D eigenvalue weighted by molar-refractivity contribution is 6.28. The molecule has 0 aliphatic heterocycles. The van der Waals surface area contributed by atoms with Crippen LogP contribution in [-0.2, 0) is 11.3 Å². The number of nitrogens with zero attached hydrogens (tertiary/aromatic N) is 1. The Bertz CT molecular complexity index is 309. The second-order valence-electron chi connectivity index (χ2n) is 2.86. The summed E-state index contributed by atoms with van der Waals surface area (Å²) in [6, 6.07) is 3.76. The van der Waals surface area contributed by atoms with E-state index < -0.39 is 0 Å². The molecule has 0 amide bonds. The van der Waals surface area contributed by atoms with Gasteiger partial charge < -0.3 is 0 Å². The molecule has 3 heteroatoms. The van der Waals surface area contributed by atoms with Crippen molar-refractivity contribution in [3.63, 3.8) is 0 Å². The van der Waals surface area contributed by atoms with Crippen LogP contribution in [0.5, 0.6) is 0 Å². The molecule has 2 nitrogen and oxygen atoms in total. The lowest BCUT2D eigenvalue weighted by Gasteiger charge is -1.96. The molecule has 0 bridgehead atoms. The van der Waals surface area contributed by atoms with Gasteiger partial charge in [0.2, 0.25) is 6.54 Å². The Labute approximate surface area is 76.8 Å². The van der Waals surface area contributed by atoms with Crippen molar-refractivity contribution in [2.75, 3.05) is 0 Å². The number of aromatic nitrogens is 1. The van der Waals surface area contributed by atoms with E-state index in [0.29, 0.717) is 11.7 Å². The molecule has 1 rings (SSSR count). The minimum absolute atomic E-state index is 0.103. The third kappa shape index (κ3) is 2.31. The number of pyridine rings is 1. The molecule has 1 heterocycles. The van der Waals surface area contributed by atoms with Crippen LogP contribution in [0.4, 0.5) is 0 Å². The number of halogens is 1. The lowest BCUT2D eigenvalue weighted by molar-refractivity contribution is -0.682. The average Bonchev–Trinajstić information content (AvgIpc) is 1.94. The molecule has 0 radical (unpaired) electrons. The van der Waals surface area contributed by atoms with Crippen molar-refractivity contribution in [1.29, 1.82) is 0 Å². The number of rotatable bonds is 2. The first kappa shape index (κ1) is 9.20. The molecule has 0 saturated carbocycles. The molecular formula is C9H11ClNO+. The van der Waals surface area contributed by atoms with E-state index in [0.717, 1.165) is 5.56 Å². The lowest BCUT2D eigenvalue weighted by Crippen LogP contribution is -2.37. The van der Waals surface area contributed by atoms with Crippen LogP contribution >= 0.6 is 11.6 Å². The van der Waals surface area contributed by atoms with E-state index in [1.807, 2.05) is 25.3 Å². The predicted octanol–water partition coefficient (Wildman–Crippen LogP) is 1.52. The molecule has 0 aliphatic rings. The van der Waals surface area contributed by atoms with Gasteiger partial charge in [0, 0.05) is 19.1 Å². The monoisotopic (exact) mass is 184 g/mol. The zero-order valence-corrected chi connectivity index (χ0v) is 7.93. The Morgan fingerprint density at radius 3 is 2.83 bits per heavy atom. The number of Topliss-reactive ketones (excluding diaryl/α,β-unsaturated/α-hetero) is 1. The molecule has 1 aromatic heterocycles. The second-order valence-corrected chi connectivity index (χ2v) is 3.24. The van der Waals surface area contributed by atoms with Crippen molar-refractivity contribution in [3.8, 4) is 0 Å². The largest absolute Gasteiger partial charge is 0.293 e. The van der Waals surface area contributed by atoms with Crippen LogP contribution in [0.25, 0.3) is 0 Å². The van der Waals surface area contributed by atoms with Crippen LogP contribution in [0, 0.1) is 6.92 Å². The SMILES string of the molecule is CC(=O)C[n+]1ccc(C)cc1Cl. The zero-order valence-electron chi connectivity index (χ0n) is 7.17. The first-order valence-corrected chi connectivity index (χ1v) is 4.12. The van der Waals surface area contributed by atoms with Crippen LogP contribution in [0.1, 0.15) is 12.5 Å². The summed E-state index contributed by atoms with van der Waals surface area (Å²) < 4.78 is 1.72. The highest BCUT2D eigenvalue weighted by Crippen LogP contribution is 2.03. The Morgan fingerprint density at radius 2 is 2.33 bits per heavy atom. The number of carbonyl (C=O) groups excluding carboxylic acids is 1. The quantitative estimate of drug-likeness (QED) is 0.505. The first-order valence-electron chi connectivity index (χ1n) is 3.74. The van der Waals surface area contributed by atoms with Crippen LogP contribution in [0.3, 0.4) is 0 Å². The molecule has 0 N–H and O–H groups in total. The maximum Gasteiger partial charge on any atom is 0.275 e. The molecule has 64 valence electrons. The molecule has 0 fully saturated rings. The van der Waals surface area contributed by atoms with Gasteiger partial charge in [-0.15, -0.1) is 0 Å². The lowest BCUT2D eigenvalue weighted by atomic mass is 10.3. The first-order chi connectivity index (χ1) is 5.59. The smallest absolute Gasteiger partial charge is 0.275 e. The van der Waals surface area contributed by atoms with E-state index in [9.17, 15) is 4.79 Å². The normalized spacial score (nSPS) is 9.92. The van der Waals surface area contributed by atoms with E-state index in [4.69, 9.17) is 11.6 Å². The standard InChI is InChI=1S/C9H11ClNO/c1-7-3-4-11(6-8(2)12)9(10)5-7/h3-5H,6H2,1-2H3/q+1. The van der Waals surface area contributed by atoms with Crippen molar-refractivity contribution in [3.05, 3.63) is 29.0 Å². The minimum atomic E-state index is 0.103. The van der Waals surface area contributed by atoms with Crippen LogP contribution < -0.4 is 4.57 Å². The van der Waals surface area contributed by atoms with Gasteiger partial charge in [-0.3, -0.25) is 4.79 Å². The van der Waals surface area contributed by atoms with E-state index in [1.165, 1.54) is 0 Å². The summed E-state index contributed by atoms with van der Waals surface area (Å²) in [4.78, 5) is 10.8. The predicted molar refractivity (Wildman–Crippen MR) is 47.1 cm³/mol. The number of ketones is 1. The van der Waals surface area contributed by atoms with E-state index in [1.54, 1.807) is 11.5 Å². The van der Waals surface area contributed by atoms with E-state index in [-0.39, 0.29) is 5.78 Å². The summed E-state index contributed by atoms with van der Waals surface area (Å²) in [5.74, 6) is 0.103. The summed E-state index contributed by atoms with van der Waals surface area (Å²) in [7, 11) is 0. The number of carbonyl (C=O) groups is 1. The highest BCUT2D eigenvalue weighted by Gasteiger charge is 2.09. The molecule has 0 saturated heterocycles. The maximum absolute atomic E-state index is 10.8. The molecule has 0 aromatic carbocycles. The fourth-order valence-electron chi connectivity index (χ4n) is 0.966. The van der Waals surface area contributed by atoms with Crippen molar-refractivity contribution >= 4 is 17.4 Å². The Kier molecular flexibility index (Phi) is 2.82. The summed E-state index contributed by atoms with van der Waals surface area (Å²) in [6.45, 7) is 3.85. The zero-order chi connectivity index (χ0) is 9.14. The molecule has 0 unspecified atom stereocenters. The summed E-state index contributed by atoms with van der Waals surface area (Å²) >= 11 is 5.88. The van der Waals surface area contributed by atoms with Crippen molar-refractivity contribution < 1.29 is 9.36 Å².